The van der Waals surface area contributed by atoms with Gasteiger partial charge in [-0.25, -0.2) is 9.97 Å². The van der Waals surface area contributed by atoms with Crippen molar-refractivity contribution in [3.8, 4) is 23.1 Å². The Balaban J connectivity index is 1.40. The number of aromatic nitrogens is 4. The summed E-state index contributed by atoms with van der Waals surface area (Å²) in [6.45, 7) is 6.61. The Hall–Kier alpha value is -3.74. The van der Waals surface area contributed by atoms with Crippen molar-refractivity contribution in [3.05, 3.63) is 83.7 Å². The number of piperazine rings is 1. The molecule has 0 amide bonds. The fraction of sp³-hybridized carbons (Fsp3) is 0.296. The molecule has 1 aromatic carbocycles. The minimum atomic E-state index is -4.45. The minimum absolute atomic E-state index is 0.278. The molecule has 36 heavy (non-hydrogen) atoms. The van der Waals surface area contributed by atoms with Crippen molar-refractivity contribution in [1.29, 1.82) is 0 Å². The van der Waals surface area contributed by atoms with E-state index in [0.717, 1.165) is 38.4 Å². The number of pyridine rings is 1. The van der Waals surface area contributed by atoms with Crippen LogP contribution in [0.4, 0.5) is 13.2 Å². The van der Waals surface area contributed by atoms with Crippen LogP contribution in [0.15, 0.2) is 61.3 Å². The lowest BCUT2D eigenvalue weighted by atomic mass is 10.00. The fourth-order valence-corrected chi connectivity index (χ4v) is 4.37. The number of hydrogen-bond donors (Lipinski definition) is 0. The van der Waals surface area contributed by atoms with E-state index < -0.39 is 11.7 Å². The van der Waals surface area contributed by atoms with E-state index in [-0.39, 0.29) is 12.1 Å². The van der Waals surface area contributed by atoms with Gasteiger partial charge in [0.1, 0.15) is 17.7 Å². The van der Waals surface area contributed by atoms with Gasteiger partial charge >= 0.3 is 6.18 Å². The number of halogens is 3. The maximum absolute atomic E-state index is 14.0. The zero-order valence-electron chi connectivity index (χ0n) is 19.8. The Bertz CT molecular complexity index is 1420. The highest BCUT2D eigenvalue weighted by molar-refractivity contribution is 5.63. The normalized spacial score (nSPS) is 15.1. The predicted molar refractivity (Wildman–Crippen MR) is 131 cm³/mol. The molecule has 6 nitrogen and oxygen atoms in total. The molecule has 4 aromatic rings. The summed E-state index contributed by atoms with van der Waals surface area (Å²) in [4.78, 5) is 17.1. The molecule has 0 N–H and O–H groups in total. The van der Waals surface area contributed by atoms with Crippen LogP contribution in [0.25, 0.3) is 16.9 Å². The van der Waals surface area contributed by atoms with Crippen LogP contribution in [-0.2, 0) is 12.7 Å². The highest BCUT2D eigenvalue weighted by Gasteiger charge is 2.34. The quantitative estimate of drug-likeness (QED) is 0.398. The maximum atomic E-state index is 14.0. The van der Waals surface area contributed by atoms with E-state index in [1.165, 1.54) is 6.07 Å². The first-order valence-corrected chi connectivity index (χ1v) is 11.8. The number of benzene rings is 1. The number of imidazole rings is 1. The van der Waals surface area contributed by atoms with E-state index in [0.29, 0.717) is 22.5 Å². The average Bonchev–Trinajstić information content (AvgIpc) is 3.31. The van der Waals surface area contributed by atoms with Gasteiger partial charge in [-0.2, -0.15) is 13.2 Å². The Morgan fingerprint density at radius 3 is 2.50 bits per heavy atom. The molecule has 0 bridgehead atoms. The first-order chi connectivity index (χ1) is 17.4. The third-order valence-electron chi connectivity index (χ3n) is 6.43. The molecular formula is C27H25F3N6. The van der Waals surface area contributed by atoms with E-state index >= 15 is 0 Å². The number of rotatable bonds is 4. The first kappa shape index (κ1) is 24.0. The summed E-state index contributed by atoms with van der Waals surface area (Å²) in [7, 11) is 0. The van der Waals surface area contributed by atoms with Crippen LogP contribution >= 0.6 is 0 Å². The molecule has 1 fully saturated rings. The van der Waals surface area contributed by atoms with Crippen molar-refractivity contribution in [2.45, 2.75) is 19.6 Å². The molecule has 3 aromatic heterocycles. The van der Waals surface area contributed by atoms with Gasteiger partial charge in [0.2, 0.25) is 0 Å². The topological polar surface area (TPSA) is 49.6 Å². The maximum Gasteiger partial charge on any atom is 0.416 e. The SMILES string of the molecule is CCN1CCN(Cc2ccc(-c3cc(C#Cc4cnc5ccncn45)ccn3)cc2C(F)(F)F)CC1. The Morgan fingerprint density at radius 2 is 1.72 bits per heavy atom. The van der Waals surface area contributed by atoms with Crippen molar-refractivity contribution in [1.82, 2.24) is 29.2 Å². The van der Waals surface area contributed by atoms with Crippen molar-refractivity contribution in [2.24, 2.45) is 0 Å². The van der Waals surface area contributed by atoms with Crippen LogP contribution in [-0.4, -0.2) is 61.9 Å². The van der Waals surface area contributed by atoms with Crippen molar-refractivity contribution in [2.75, 3.05) is 32.7 Å². The summed E-state index contributed by atoms with van der Waals surface area (Å²) in [6, 6.07) is 9.70. The fourth-order valence-electron chi connectivity index (χ4n) is 4.37. The van der Waals surface area contributed by atoms with Crippen LogP contribution in [0.1, 0.15) is 29.3 Å². The van der Waals surface area contributed by atoms with Crippen LogP contribution in [0.2, 0.25) is 0 Å². The number of nitrogens with zero attached hydrogens (tertiary/aromatic N) is 6. The molecule has 0 aliphatic carbocycles. The lowest BCUT2D eigenvalue weighted by Gasteiger charge is -2.34. The summed E-state index contributed by atoms with van der Waals surface area (Å²) in [5.74, 6) is 6.11. The summed E-state index contributed by atoms with van der Waals surface area (Å²) in [6.07, 6.45) is 2.05. The second kappa shape index (κ2) is 10.1. The lowest BCUT2D eigenvalue weighted by molar-refractivity contribution is -0.138. The summed E-state index contributed by atoms with van der Waals surface area (Å²) < 4.78 is 43.8. The molecule has 0 atom stereocenters. The largest absolute Gasteiger partial charge is 0.416 e. The highest BCUT2D eigenvalue weighted by atomic mass is 19.4. The van der Waals surface area contributed by atoms with E-state index in [2.05, 4.69) is 43.5 Å². The van der Waals surface area contributed by atoms with Crippen molar-refractivity contribution < 1.29 is 13.2 Å². The van der Waals surface area contributed by atoms with Gasteiger partial charge in [0.15, 0.2) is 0 Å². The molecule has 1 aliphatic heterocycles. The van der Waals surface area contributed by atoms with Gasteiger partial charge in [-0.3, -0.25) is 14.3 Å². The number of fused-ring (bicyclic) bond motifs is 1. The molecular weight excluding hydrogens is 465 g/mol. The second-order valence-corrected chi connectivity index (χ2v) is 8.71. The molecule has 0 unspecified atom stereocenters. The van der Waals surface area contributed by atoms with E-state index in [9.17, 15) is 13.2 Å². The number of hydrogen-bond acceptors (Lipinski definition) is 5. The summed E-state index contributed by atoms with van der Waals surface area (Å²) in [5.41, 5.74) is 2.56. The zero-order valence-corrected chi connectivity index (χ0v) is 19.8. The molecule has 0 spiro atoms. The molecule has 4 heterocycles. The molecule has 9 heteroatoms. The Labute approximate surface area is 207 Å². The van der Waals surface area contributed by atoms with Gasteiger partial charge in [0.25, 0.3) is 0 Å². The zero-order chi connectivity index (χ0) is 25.1. The predicted octanol–water partition coefficient (Wildman–Crippen LogP) is 4.35. The molecule has 184 valence electrons. The van der Waals surface area contributed by atoms with E-state index in [4.69, 9.17) is 0 Å². The third-order valence-corrected chi connectivity index (χ3v) is 6.43. The van der Waals surface area contributed by atoms with Gasteiger partial charge in [0, 0.05) is 56.2 Å². The summed E-state index contributed by atoms with van der Waals surface area (Å²) in [5, 5.41) is 0. The van der Waals surface area contributed by atoms with Crippen molar-refractivity contribution in [3.63, 3.8) is 0 Å². The summed E-state index contributed by atoms with van der Waals surface area (Å²) >= 11 is 0. The number of likely N-dealkylation sites (N-methyl/N-ethyl adjacent to an activating group) is 1. The van der Waals surface area contributed by atoms with Gasteiger partial charge in [-0.15, -0.1) is 0 Å². The highest BCUT2D eigenvalue weighted by Crippen LogP contribution is 2.35. The molecule has 5 rings (SSSR count). The van der Waals surface area contributed by atoms with Gasteiger partial charge < -0.3 is 4.90 Å². The van der Waals surface area contributed by atoms with Crippen LogP contribution < -0.4 is 0 Å². The van der Waals surface area contributed by atoms with Crippen LogP contribution in [0.5, 0.6) is 0 Å². The standard InChI is InChI=1S/C27H25F3N6/c1-2-34-11-13-35(14-12-34)18-22-5-4-21(16-24(22)27(28,29)30)25-15-20(7-10-32-25)3-6-23-17-33-26-8-9-31-19-36(23)26/h4-5,7-10,15-17,19H,2,11-14,18H2,1H3. The molecule has 1 aliphatic rings. The van der Waals surface area contributed by atoms with E-state index in [1.54, 1.807) is 59.7 Å². The second-order valence-electron chi connectivity index (χ2n) is 8.71. The monoisotopic (exact) mass is 490 g/mol. The van der Waals surface area contributed by atoms with E-state index in [1.807, 2.05) is 0 Å². The van der Waals surface area contributed by atoms with Gasteiger partial charge in [-0.05, 0) is 42.3 Å². The first-order valence-electron chi connectivity index (χ1n) is 11.8. The number of alkyl halides is 3. The smallest absolute Gasteiger partial charge is 0.301 e. The van der Waals surface area contributed by atoms with Crippen LogP contribution in [0, 0.1) is 11.8 Å². The Kier molecular flexibility index (Phi) is 6.72. The minimum Gasteiger partial charge on any atom is -0.301 e. The molecule has 0 radical (unpaired) electrons. The van der Waals surface area contributed by atoms with Crippen molar-refractivity contribution >= 4 is 5.65 Å². The Morgan fingerprint density at radius 1 is 0.917 bits per heavy atom. The lowest BCUT2D eigenvalue weighted by Crippen LogP contribution is -2.45. The van der Waals surface area contributed by atoms with Crippen LogP contribution in [0.3, 0.4) is 0 Å². The average molecular weight is 491 g/mol. The molecule has 0 saturated carbocycles. The van der Waals surface area contributed by atoms with Gasteiger partial charge in [-0.1, -0.05) is 25.0 Å². The van der Waals surface area contributed by atoms with Gasteiger partial charge in [0.05, 0.1) is 17.5 Å². The molecule has 1 saturated heterocycles. The third kappa shape index (κ3) is 5.25.